The number of fused-ring (bicyclic) bond motifs is 1. The summed E-state index contributed by atoms with van der Waals surface area (Å²) in [5.74, 6) is -0.00269. The van der Waals surface area contributed by atoms with E-state index < -0.39 is 0 Å². The maximum absolute atomic E-state index is 13.4. The van der Waals surface area contributed by atoms with Crippen LogP contribution in [-0.2, 0) is 0 Å². The zero-order valence-corrected chi connectivity index (χ0v) is 20.0. The van der Waals surface area contributed by atoms with Crippen LogP contribution < -0.4 is 4.90 Å². The molecule has 0 saturated heterocycles. The number of nitrogens with zero attached hydrogens (tertiary/aromatic N) is 3. The fourth-order valence-corrected chi connectivity index (χ4v) is 5.20. The van der Waals surface area contributed by atoms with Crippen molar-refractivity contribution < 1.29 is 4.79 Å². The Balaban J connectivity index is 1.91. The molecule has 0 unspecified atom stereocenters. The Morgan fingerprint density at radius 3 is 2.38 bits per heavy atom. The van der Waals surface area contributed by atoms with Gasteiger partial charge in [0.25, 0.3) is 5.91 Å². The van der Waals surface area contributed by atoms with Gasteiger partial charge in [-0.05, 0) is 62.8 Å². The van der Waals surface area contributed by atoms with Crippen LogP contribution in [-0.4, -0.2) is 54.5 Å². The van der Waals surface area contributed by atoms with E-state index in [9.17, 15) is 4.79 Å². The van der Waals surface area contributed by atoms with Crippen LogP contribution in [0, 0.1) is 0 Å². The zero-order valence-electron chi connectivity index (χ0n) is 17.5. The third-order valence-electron chi connectivity index (χ3n) is 4.30. The number of anilines is 1. The van der Waals surface area contributed by atoms with Crippen LogP contribution in [0.1, 0.15) is 24.2 Å². The first-order valence-electron chi connectivity index (χ1n) is 9.55. The van der Waals surface area contributed by atoms with Gasteiger partial charge in [-0.1, -0.05) is 25.2 Å². The molecule has 3 rings (SSSR count). The van der Waals surface area contributed by atoms with Crippen molar-refractivity contribution in [1.82, 2.24) is 9.88 Å². The number of aromatic nitrogens is 1. The fraction of sp³-hybridized carbons (Fsp3) is 0.364. The van der Waals surface area contributed by atoms with Gasteiger partial charge in [0.05, 0.1) is 10.2 Å². The molecular formula is C22H27N3OS3. The van der Waals surface area contributed by atoms with Gasteiger partial charge in [-0.2, -0.15) is 0 Å². The number of carbonyl (C=O) groups excluding carboxylic acids is 1. The molecule has 1 aromatic heterocycles. The summed E-state index contributed by atoms with van der Waals surface area (Å²) in [6.45, 7) is 5.72. The van der Waals surface area contributed by atoms with Gasteiger partial charge in [-0.25, -0.2) is 4.98 Å². The third-order valence-corrected chi connectivity index (χ3v) is 7.09. The maximum atomic E-state index is 13.4. The quantitative estimate of drug-likeness (QED) is 0.414. The van der Waals surface area contributed by atoms with Crippen molar-refractivity contribution >= 4 is 56.1 Å². The lowest BCUT2D eigenvalue weighted by Crippen LogP contribution is -2.36. The third kappa shape index (κ3) is 5.75. The Morgan fingerprint density at radius 1 is 1.07 bits per heavy atom. The SMILES string of the molecule is CSc1ccc2nc(N(CCN(C)C)C(=O)c3ccc(SC(C)C)cc3)sc2c1. The Kier molecular flexibility index (Phi) is 7.62. The van der Waals surface area contributed by atoms with Gasteiger partial charge in [-0.3, -0.25) is 9.69 Å². The second-order valence-electron chi connectivity index (χ2n) is 7.28. The highest BCUT2D eigenvalue weighted by molar-refractivity contribution is 8.00. The number of hydrogen-bond acceptors (Lipinski definition) is 6. The molecule has 0 aliphatic carbocycles. The van der Waals surface area contributed by atoms with E-state index in [-0.39, 0.29) is 5.91 Å². The van der Waals surface area contributed by atoms with Crippen molar-refractivity contribution in [3.63, 3.8) is 0 Å². The second-order valence-corrected chi connectivity index (χ2v) is 10.8. The van der Waals surface area contributed by atoms with Crippen molar-refractivity contribution in [3.05, 3.63) is 48.0 Å². The van der Waals surface area contributed by atoms with Crippen LogP contribution in [0.25, 0.3) is 10.2 Å². The van der Waals surface area contributed by atoms with Gasteiger partial charge in [0.15, 0.2) is 5.13 Å². The molecule has 4 nitrogen and oxygen atoms in total. The highest BCUT2D eigenvalue weighted by Gasteiger charge is 2.21. The molecule has 29 heavy (non-hydrogen) atoms. The molecule has 1 amide bonds. The standard InChI is InChI=1S/C22H27N3OS3/c1-15(2)28-17-8-6-16(7-9-17)21(26)25(13-12-24(3)4)22-23-19-11-10-18(27-5)14-20(19)29-22/h6-11,14-15H,12-13H2,1-5H3. The van der Waals surface area contributed by atoms with Crippen LogP contribution >= 0.6 is 34.9 Å². The summed E-state index contributed by atoms with van der Waals surface area (Å²) in [5.41, 5.74) is 1.63. The van der Waals surface area contributed by atoms with E-state index in [1.165, 1.54) is 9.79 Å². The van der Waals surface area contributed by atoms with Crippen molar-refractivity contribution in [2.75, 3.05) is 38.3 Å². The topological polar surface area (TPSA) is 36.4 Å². The smallest absolute Gasteiger partial charge is 0.260 e. The van der Waals surface area contributed by atoms with Gasteiger partial charge in [-0.15, -0.1) is 23.5 Å². The molecule has 0 N–H and O–H groups in total. The van der Waals surface area contributed by atoms with Crippen molar-refractivity contribution in [3.8, 4) is 0 Å². The highest BCUT2D eigenvalue weighted by Crippen LogP contribution is 2.32. The molecule has 154 valence electrons. The summed E-state index contributed by atoms with van der Waals surface area (Å²) >= 11 is 5.09. The highest BCUT2D eigenvalue weighted by atomic mass is 32.2. The lowest BCUT2D eigenvalue weighted by molar-refractivity contribution is 0.0985. The summed E-state index contributed by atoms with van der Waals surface area (Å²) in [6, 6.07) is 14.2. The molecule has 1 heterocycles. The lowest BCUT2D eigenvalue weighted by atomic mass is 10.2. The first-order chi connectivity index (χ1) is 13.9. The monoisotopic (exact) mass is 445 g/mol. The molecule has 2 aromatic carbocycles. The molecule has 0 fully saturated rings. The molecule has 0 saturated carbocycles. The van der Waals surface area contributed by atoms with E-state index >= 15 is 0 Å². The number of thiazole rings is 1. The van der Waals surface area contributed by atoms with Crippen LogP contribution in [0.2, 0.25) is 0 Å². The Labute approximate surface area is 185 Å². The van der Waals surface area contributed by atoms with E-state index in [4.69, 9.17) is 4.98 Å². The van der Waals surface area contributed by atoms with E-state index in [0.29, 0.717) is 17.4 Å². The largest absolute Gasteiger partial charge is 0.308 e. The average Bonchev–Trinajstić information content (AvgIpc) is 3.10. The van der Waals surface area contributed by atoms with Crippen LogP contribution in [0.5, 0.6) is 0 Å². The number of hydrogen-bond donors (Lipinski definition) is 0. The number of benzene rings is 2. The zero-order chi connectivity index (χ0) is 21.0. The summed E-state index contributed by atoms with van der Waals surface area (Å²) in [7, 11) is 4.04. The molecule has 0 aliphatic heterocycles. The van der Waals surface area contributed by atoms with Gasteiger partial charge in [0.2, 0.25) is 0 Å². The van der Waals surface area contributed by atoms with Gasteiger partial charge >= 0.3 is 0 Å². The first kappa shape index (κ1) is 22.2. The van der Waals surface area contributed by atoms with Gasteiger partial charge in [0, 0.05) is 33.7 Å². The Hall–Kier alpha value is -1.54. The number of likely N-dealkylation sites (N-methyl/N-ethyl adjacent to an activating group) is 1. The summed E-state index contributed by atoms with van der Waals surface area (Å²) < 4.78 is 1.11. The molecule has 7 heteroatoms. The number of carbonyl (C=O) groups is 1. The van der Waals surface area contributed by atoms with E-state index in [1.54, 1.807) is 34.9 Å². The van der Waals surface area contributed by atoms with E-state index in [0.717, 1.165) is 21.9 Å². The lowest BCUT2D eigenvalue weighted by Gasteiger charge is -2.22. The molecule has 3 aromatic rings. The maximum Gasteiger partial charge on any atom is 0.260 e. The van der Waals surface area contributed by atoms with Crippen LogP contribution in [0.15, 0.2) is 52.3 Å². The van der Waals surface area contributed by atoms with E-state index in [2.05, 4.69) is 37.1 Å². The van der Waals surface area contributed by atoms with Crippen molar-refractivity contribution in [2.24, 2.45) is 0 Å². The number of amides is 1. The van der Waals surface area contributed by atoms with Gasteiger partial charge in [0.1, 0.15) is 0 Å². The summed E-state index contributed by atoms with van der Waals surface area (Å²) in [4.78, 5) is 24.4. The normalized spacial score (nSPS) is 11.6. The number of thioether (sulfide) groups is 2. The minimum absolute atomic E-state index is 0.00269. The van der Waals surface area contributed by atoms with Crippen LogP contribution in [0.4, 0.5) is 5.13 Å². The second kappa shape index (κ2) is 9.98. The fourth-order valence-electron chi connectivity index (χ4n) is 2.82. The predicted molar refractivity (Wildman–Crippen MR) is 129 cm³/mol. The number of rotatable bonds is 8. The molecule has 0 spiro atoms. The van der Waals surface area contributed by atoms with Gasteiger partial charge < -0.3 is 4.90 Å². The van der Waals surface area contributed by atoms with E-state index in [1.807, 2.05) is 49.3 Å². The summed E-state index contributed by atoms with van der Waals surface area (Å²) in [6.07, 6.45) is 2.07. The van der Waals surface area contributed by atoms with Crippen molar-refractivity contribution in [2.45, 2.75) is 28.9 Å². The Morgan fingerprint density at radius 2 is 1.76 bits per heavy atom. The molecule has 0 atom stereocenters. The molecule has 0 radical (unpaired) electrons. The first-order valence-corrected chi connectivity index (χ1v) is 12.5. The molecule has 0 bridgehead atoms. The minimum atomic E-state index is -0.00269. The minimum Gasteiger partial charge on any atom is -0.308 e. The summed E-state index contributed by atoms with van der Waals surface area (Å²) in [5, 5.41) is 1.27. The van der Waals surface area contributed by atoms with Crippen LogP contribution in [0.3, 0.4) is 0 Å². The predicted octanol–water partition coefficient (Wildman–Crippen LogP) is 5.73. The average molecular weight is 446 g/mol. The molecule has 0 aliphatic rings. The molecular weight excluding hydrogens is 418 g/mol. The van der Waals surface area contributed by atoms with Crippen molar-refractivity contribution in [1.29, 1.82) is 0 Å². The Bertz CT molecular complexity index is 967.